The first kappa shape index (κ1) is 16.4. The van der Waals surface area contributed by atoms with Crippen molar-refractivity contribution in [2.75, 3.05) is 46.4 Å². The topological polar surface area (TPSA) is 53.6 Å². The van der Waals surface area contributed by atoms with Crippen LogP contribution in [-0.2, 0) is 9.53 Å². The van der Waals surface area contributed by atoms with Gasteiger partial charge in [-0.15, -0.1) is 0 Å². The van der Waals surface area contributed by atoms with Crippen LogP contribution in [0.5, 0.6) is 0 Å². The van der Waals surface area contributed by atoms with Crippen LogP contribution < -0.4 is 10.6 Å². The lowest BCUT2D eigenvalue weighted by Gasteiger charge is -2.31. The van der Waals surface area contributed by atoms with Gasteiger partial charge in [0.25, 0.3) is 0 Å². The molecule has 0 atom stereocenters. The monoisotopic (exact) mass is 271 g/mol. The van der Waals surface area contributed by atoms with Crippen LogP contribution in [0.1, 0.15) is 26.7 Å². The lowest BCUT2D eigenvalue weighted by Crippen LogP contribution is -2.43. The molecule has 0 bridgehead atoms. The first-order valence-corrected chi connectivity index (χ1v) is 7.33. The number of hydrogen-bond acceptors (Lipinski definition) is 4. The maximum Gasteiger partial charge on any atom is 0.234 e. The Hall–Kier alpha value is -0.650. The molecule has 0 saturated carbocycles. The van der Waals surface area contributed by atoms with E-state index in [4.69, 9.17) is 4.74 Å². The predicted molar refractivity (Wildman–Crippen MR) is 77.2 cm³/mol. The summed E-state index contributed by atoms with van der Waals surface area (Å²) in [5.74, 6) is 0.867. The average molecular weight is 271 g/mol. The number of amides is 1. The van der Waals surface area contributed by atoms with Gasteiger partial charge in [0.15, 0.2) is 0 Å². The minimum absolute atomic E-state index is 0.107. The van der Waals surface area contributed by atoms with Crippen molar-refractivity contribution in [2.45, 2.75) is 32.7 Å². The van der Waals surface area contributed by atoms with Gasteiger partial charge in [0.1, 0.15) is 0 Å². The Morgan fingerprint density at radius 3 is 2.63 bits per heavy atom. The summed E-state index contributed by atoms with van der Waals surface area (Å²) >= 11 is 0. The number of nitrogens with one attached hydrogen (secondary N) is 2. The Balaban J connectivity index is 2.10. The largest absolute Gasteiger partial charge is 0.383 e. The van der Waals surface area contributed by atoms with Gasteiger partial charge in [-0.25, -0.2) is 0 Å². The molecule has 1 saturated heterocycles. The Bertz CT molecular complexity index is 251. The minimum Gasteiger partial charge on any atom is -0.383 e. The lowest BCUT2D eigenvalue weighted by molar-refractivity contribution is -0.122. The summed E-state index contributed by atoms with van der Waals surface area (Å²) in [7, 11) is 1.64. The van der Waals surface area contributed by atoms with Crippen LogP contribution in [0, 0.1) is 5.92 Å². The second-order valence-corrected chi connectivity index (χ2v) is 5.63. The highest BCUT2D eigenvalue weighted by molar-refractivity contribution is 5.77. The molecule has 1 fully saturated rings. The summed E-state index contributed by atoms with van der Waals surface area (Å²) in [5.41, 5.74) is 0. The fraction of sp³-hybridized carbons (Fsp3) is 0.929. The first-order chi connectivity index (χ1) is 9.11. The highest BCUT2D eigenvalue weighted by Crippen LogP contribution is 2.16. The molecule has 0 aromatic rings. The van der Waals surface area contributed by atoms with Gasteiger partial charge in [-0.3, -0.25) is 9.69 Å². The van der Waals surface area contributed by atoms with E-state index in [9.17, 15) is 4.79 Å². The molecule has 0 aromatic heterocycles. The molecule has 1 aliphatic heterocycles. The second-order valence-electron chi connectivity index (χ2n) is 5.63. The first-order valence-electron chi connectivity index (χ1n) is 7.33. The van der Waals surface area contributed by atoms with Crippen molar-refractivity contribution in [3.63, 3.8) is 0 Å². The Kier molecular flexibility index (Phi) is 8.02. The third-order valence-corrected chi connectivity index (χ3v) is 3.52. The van der Waals surface area contributed by atoms with E-state index in [0.29, 0.717) is 25.7 Å². The standard InChI is InChI=1S/C14H29N3O2/c1-12(2)16-10-13-4-7-17(8-5-13)11-14(18)15-6-9-19-3/h12-13,16H,4-11H2,1-3H3,(H,15,18). The number of piperidine rings is 1. The van der Waals surface area contributed by atoms with Crippen LogP contribution >= 0.6 is 0 Å². The Morgan fingerprint density at radius 1 is 1.37 bits per heavy atom. The molecular formula is C14H29N3O2. The molecule has 2 N–H and O–H groups in total. The number of nitrogens with zero attached hydrogens (tertiary/aromatic N) is 1. The number of hydrogen-bond donors (Lipinski definition) is 2. The van der Waals surface area contributed by atoms with Gasteiger partial charge in [0.2, 0.25) is 5.91 Å². The number of carbonyl (C=O) groups excluding carboxylic acids is 1. The number of ether oxygens (including phenoxy) is 1. The van der Waals surface area contributed by atoms with Gasteiger partial charge in [0.05, 0.1) is 13.2 Å². The van der Waals surface area contributed by atoms with Crippen molar-refractivity contribution < 1.29 is 9.53 Å². The highest BCUT2D eigenvalue weighted by atomic mass is 16.5. The van der Waals surface area contributed by atoms with Crippen molar-refractivity contribution >= 4 is 5.91 Å². The van der Waals surface area contributed by atoms with Crippen LogP contribution in [0.2, 0.25) is 0 Å². The van der Waals surface area contributed by atoms with E-state index >= 15 is 0 Å². The molecule has 1 heterocycles. The predicted octanol–water partition coefficient (Wildman–Crippen LogP) is 0.459. The fourth-order valence-electron chi connectivity index (χ4n) is 2.30. The molecule has 1 rings (SSSR count). The maximum atomic E-state index is 11.7. The van der Waals surface area contributed by atoms with Crippen LogP contribution in [0.3, 0.4) is 0 Å². The third kappa shape index (κ3) is 7.50. The van der Waals surface area contributed by atoms with Gasteiger partial charge < -0.3 is 15.4 Å². The molecule has 112 valence electrons. The van der Waals surface area contributed by atoms with Crippen LogP contribution in [0.15, 0.2) is 0 Å². The molecular weight excluding hydrogens is 242 g/mol. The summed E-state index contributed by atoms with van der Waals surface area (Å²) < 4.78 is 4.91. The van der Waals surface area contributed by atoms with E-state index in [1.807, 2.05) is 0 Å². The maximum absolute atomic E-state index is 11.7. The van der Waals surface area contributed by atoms with Gasteiger partial charge in [0, 0.05) is 19.7 Å². The summed E-state index contributed by atoms with van der Waals surface area (Å²) in [6.07, 6.45) is 2.37. The molecule has 1 aliphatic rings. The van der Waals surface area contributed by atoms with Crippen LogP contribution in [0.25, 0.3) is 0 Å². The Morgan fingerprint density at radius 2 is 2.05 bits per heavy atom. The number of rotatable bonds is 8. The summed E-state index contributed by atoms with van der Waals surface area (Å²) in [6, 6.07) is 0.560. The van der Waals surface area contributed by atoms with Crippen LogP contribution in [0.4, 0.5) is 0 Å². The summed E-state index contributed by atoms with van der Waals surface area (Å²) in [6.45, 7) is 9.22. The molecule has 5 heteroatoms. The number of methoxy groups -OCH3 is 1. The lowest BCUT2D eigenvalue weighted by atomic mass is 9.96. The van der Waals surface area contributed by atoms with Crippen molar-refractivity contribution in [3.8, 4) is 0 Å². The van der Waals surface area contributed by atoms with E-state index in [0.717, 1.165) is 25.6 Å². The van der Waals surface area contributed by atoms with E-state index < -0.39 is 0 Å². The molecule has 0 aromatic carbocycles. The quantitative estimate of drug-likeness (QED) is 0.630. The molecule has 0 spiro atoms. The zero-order valence-corrected chi connectivity index (χ0v) is 12.6. The molecule has 5 nitrogen and oxygen atoms in total. The fourth-order valence-corrected chi connectivity index (χ4v) is 2.30. The molecule has 0 radical (unpaired) electrons. The van der Waals surface area contributed by atoms with Crippen molar-refractivity contribution in [2.24, 2.45) is 5.92 Å². The number of likely N-dealkylation sites (tertiary alicyclic amines) is 1. The average Bonchev–Trinajstić information content (AvgIpc) is 2.38. The van der Waals surface area contributed by atoms with Crippen LogP contribution in [-0.4, -0.2) is 63.3 Å². The van der Waals surface area contributed by atoms with Gasteiger partial charge in [-0.1, -0.05) is 13.8 Å². The third-order valence-electron chi connectivity index (χ3n) is 3.52. The second kappa shape index (κ2) is 9.28. The minimum atomic E-state index is 0.107. The number of carbonyl (C=O) groups is 1. The van der Waals surface area contributed by atoms with Gasteiger partial charge >= 0.3 is 0 Å². The van der Waals surface area contributed by atoms with E-state index in [1.165, 1.54) is 12.8 Å². The van der Waals surface area contributed by atoms with Crippen molar-refractivity contribution in [1.29, 1.82) is 0 Å². The van der Waals surface area contributed by atoms with Gasteiger partial charge in [-0.05, 0) is 38.4 Å². The molecule has 0 unspecified atom stereocenters. The van der Waals surface area contributed by atoms with Gasteiger partial charge in [-0.2, -0.15) is 0 Å². The zero-order valence-electron chi connectivity index (χ0n) is 12.6. The highest BCUT2D eigenvalue weighted by Gasteiger charge is 2.20. The zero-order chi connectivity index (χ0) is 14.1. The summed E-state index contributed by atoms with van der Waals surface area (Å²) in [5, 5.41) is 6.36. The van der Waals surface area contributed by atoms with E-state index in [-0.39, 0.29) is 5.91 Å². The van der Waals surface area contributed by atoms with Crippen molar-refractivity contribution in [3.05, 3.63) is 0 Å². The summed E-state index contributed by atoms with van der Waals surface area (Å²) in [4.78, 5) is 13.9. The van der Waals surface area contributed by atoms with E-state index in [1.54, 1.807) is 7.11 Å². The van der Waals surface area contributed by atoms with E-state index in [2.05, 4.69) is 29.4 Å². The SMILES string of the molecule is COCCNC(=O)CN1CCC(CNC(C)C)CC1. The van der Waals surface area contributed by atoms with Crippen molar-refractivity contribution in [1.82, 2.24) is 15.5 Å². The molecule has 0 aliphatic carbocycles. The molecule has 1 amide bonds. The Labute approximate surface area is 117 Å². The smallest absolute Gasteiger partial charge is 0.234 e. The molecule has 19 heavy (non-hydrogen) atoms. The normalized spacial score (nSPS) is 17.9.